The third-order valence-electron chi connectivity index (χ3n) is 3.34. The summed E-state index contributed by atoms with van der Waals surface area (Å²) in [7, 11) is 0. The van der Waals surface area contributed by atoms with Gasteiger partial charge in [0.1, 0.15) is 11.6 Å². The fourth-order valence-corrected chi connectivity index (χ4v) is 2.73. The second-order valence-electron chi connectivity index (χ2n) is 5.50. The Labute approximate surface area is 149 Å². The minimum atomic E-state index is -0.411. The first-order valence-electron chi connectivity index (χ1n) is 7.81. The molecule has 1 heterocycles. The van der Waals surface area contributed by atoms with Crippen LogP contribution in [0.5, 0.6) is 0 Å². The molecule has 1 aromatic carbocycles. The van der Waals surface area contributed by atoms with Gasteiger partial charge in [-0.05, 0) is 38.0 Å². The molecule has 8 heteroatoms. The summed E-state index contributed by atoms with van der Waals surface area (Å²) in [5, 5.41) is 8.66. The molecule has 0 aliphatic rings. The number of aryl methyl sites for hydroxylation is 1. The quantitative estimate of drug-likeness (QED) is 0.751. The minimum absolute atomic E-state index is 0.162. The Morgan fingerprint density at radius 2 is 2.16 bits per heavy atom. The highest BCUT2D eigenvalue weighted by atomic mass is 32.2. The van der Waals surface area contributed by atoms with Crippen molar-refractivity contribution in [2.75, 3.05) is 17.6 Å². The first kappa shape index (κ1) is 19.0. The maximum atomic E-state index is 13.1. The van der Waals surface area contributed by atoms with Crippen molar-refractivity contribution in [3.63, 3.8) is 0 Å². The molecular weight excluding hydrogens is 345 g/mol. The van der Waals surface area contributed by atoms with Crippen molar-refractivity contribution < 1.29 is 18.5 Å². The zero-order valence-electron chi connectivity index (χ0n) is 14.0. The van der Waals surface area contributed by atoms with Gasteiger partial charge in [0.15, 0.2) is 5.82 Å². The highest BCUT2D eigenvalue weighted by molar-refractivity contribution is 8.01. The van der Waals surface area contributed by atoms with Crippen LogP contribution in [-0.2, 0) is 16.0 Å². The van der Waals surface area contributed by atoms with E-state index in [1.807, 2.05) is 6.07 Å². The summed E-state index contributed by atoms with van der Waals surface area (Å²) in [4.78, 5) is 23.8. The van der Waals surface area contributed by atoms with Crippen LogP contribution in [0, 0.1) is 12.7 Å². The summed E-state index contributed by atoms with van der Waals surface area (Å²) < 4.78 is 17.9. The number of carbonyl (C=O) groups excluding carboxylic acids is 2. The van der Waals surface area contributed by atoms with Crippen molar-refractivity contribution in [2.45, 2.75) is 25.5 Å². The highest BCUT2D eigenvalue weighted by Crippen LogP contribution is 2.14. The van der Waals surface area contributed by atoms with Crippen LogP contribution in [0.15, 0.2) is 34.9 Å². The van der Waals surface area contributed by atoms with Crippen LogP contribution in [0.25, 0.3) is 0 Å². The lowest BCUT2D eigenvalue weighted by Gasteiger charge is -2.10. The minimum Gasteiger partial charge on any atom is -0.360 e. The molecule has 0 fully saturated rings. The fraction of sp³-hybridized carbons (Fsp3) is 0.353. The van der Waals surface area contributed by atoms with Gasteiger partial charge in [-0.2, -0.15) is 0 Å². The number of rotatable bonds is 8. The van der Waals surface area contributed by atoms with Gasteiger partial charge in [-0.15, -0.1) is 11.8 Å². The number of nitrogens with one attached hydrogen (secondary N) is 2. The smallest absolute Gasteiger partial charge is 0.238 e. The van der Waals surface area contributed by atoms with Gasteiger partial charge in [0.25, 0.3) is 0 Å². The number of halogens is 1. The molecule has 2 N–H and O–H groups in total. The normalized spacial score (nSPS) is 11.8. The van der Waals surface area contributed by atoms with Gasteiger partial charge in [0, 0.05) is 12.6 Å². The Kier molecular flexibility index (Phi) is 7.00. The largest absolute Gasteiger partial charge is 0.360 e. The van der Waals surface area contributed by atoms with E-state index in [1.54, 1.807) is 26.0 Å². The number of aromatic nitrogens is 1. The maximum absolute atomic E-state index is 13.1. The molecule has 25 heavy (non-hydrogen) atoms. The van der Waals surface area contributed by atoms with Crippen LogP contribution in [0.3, 0.4) is 0 Å². The Balaban J connectivity index is 1.65. The van der Waals surface area contributed by atoms with Crippen LogP contribution < -0.4 is 10.6 Å². The lowest BCUT2D eigenvalue weighted by atomic mass is 10.1. The Morgan fingerprint density at radius 1 is 1.36 bits per heavy atom. The van der Waals surface area contributed by atoms with Crippen molar-refractivity contribution in [2.24, 2.45) is 0 Å². The summed E-state index contributed by atoms with van der Waals surface area (Å²) in [5.41, 5.74) is 0.823. The van der Waals surface area contributed by atoms with Crippen LogP contribution in [-0.4, -0.2) is 34.5 Å². The average Bonchev–Trinajstić information content (AvgIpc) is 2.97. The number of benzene rings is 1. The molecule has 0 aliphatic heterocycles. The standard InChI is InChI=1S/C17H20FN3O3S/c1-11-8-15(21-24-11)20-17(23)12(2)25-10-16(22)19-7-6-13-4-3-5-14(18)9-13/h3-5,8-9,12H,6-7,10H2,1-2H3,(H,19,22)(H,20,21,23). The first-order chi connectivity index (χ1) is 11.9. The van der Waals surface area contributed by atoms with E-state index in [9.17, 15) is 14.0 Å². The second-order valence-corrected chi connectivity index (χ2v) is 6.82. The monoisotopic (exact) mass is 365 g/mol. The number of amides is 2. The molecular formula is C17H20FN3O3S. The zero-order chi connectivity index (χ0) is 18.2. The number of thioether (sulfide) groups is 1. The first-order valence-corrected chi connectivity index (χ1v) is 8.86. The summed E-state index contributed by atoms with van der Waals surface area (Å²) in [6.45, 7) is 3.86. The maximum Gasteiger partial charge on any atom is 0.238 e. The molecule has 2 rings (SSSR count). The van der Waals surface area contributed by atoms with Crippen molar-refractivity contribution in [1.82, 2.24) is 10.5 Å². The predicted molar refractivity (Wildman–Crippen MR) is 94.9 cm³/mol. The summed E-state index contributed by atoms with van der Waals surface area (Å²) in [6.07, 6.45) is 0.551. The van der Waals surface area contributed by atoms with Crippen LogP contribution in [0.2, 0.25) is 0 Å². The third kappa shape index (κ3) is 6.58. The van der Waals surface area contributed by atoms with E-state index in [4.69, 9.17) is 4.52 Å². The number of nitrogens with zero attached hydrogens (tertiary/aromatic N) is 1. The topological polar surface area (TPSA) is 84.2 Å². The van der Waals surface area contributed by atoms with E-state index in [-0.39, 0.29) is 23.4 Å². The Hall–Kier alpha value is -2.35. The van der Waals surface area contributed by atoms with Crippen molar-refractivity contribution in [3.05, 3.63) is 47.5 Å². The van der Waals surface area contributed by atoms with Crippen LogP contribution in [0.1, 0.15) is 18.2 Å². The molecule has 0 radical (unpaired) electrons. The molecule has 0 aliphatic carbocycles. The van der Waals surface area contributed by atoms with E-state index >= 15 is 0 Å². The molecule has 2 aromatic rings. The zero-order valence-corrected chi connectivity index (χ0v) is 14.9. The van der Waals surface area contributed by atoms with Gasteiger partial charge in [-0.25, -0.2) is 4.39 Å². The summed E-state index contributed by atoms with van der Waals surface area (Å²) in [6, 6.07) is 7.89. The highest BCUT2D eigenvalue weighted by Gasteiger charge is 2.16. The van der Waals surface area contributed by atoms with Gasteiger partial charge in [0.05, 0.1) is 11.0 Å². The van der Waals surface area contributed by atoms with E-state index in [0.29, 0.717) is 24.5 Å². The second kappa shape index (κ2) is 9.22. The fourth-order valence-electron chi connectivity index (χ4n) is 2.02. The number of hydrogen-bond acceptors (Lipinski definition) is 5. The van der Waals surface area contributed by atoms with Gasteiger partial charge < -0.3 is 15.2 Å². The van der Waals surface area contributed by atoms with Crippen molar-refractivity contribution in [1.29, 1.82) is 0 Å². The molecule has 0 spiro atoms. The van der Waals surface area contributed by atoms with Gasteiger partial charge in [-0.3, -0.25) is 9.59 Å². The molecule has 1 unspecified atom stereocenters. The molecule has 0 bridgehead atoms. The van der Waals surface area contributed by atoms with E-state index in [1.165, 1.54) is 23.9 Å². The molecule has 0 saturated carbocycles. The van der Waals surface area contributed by atoms with Gasteiger partial charge >= 0.3 is 0 Å². The van der Waals surface area contributed by atoms with Crippen LogP contribution >= 0.6 is 11.8 Å². The lowest BCUT2D eigenvalue weighted by Crippen LogP contribution is -2.30. The van der Waals surface area contributed by atoms with Gasteiger partial charge in [-0.1, -0.05) is 17.3 Å². The van der Waals surface area contributed by atoms with Crippen LogP contribution in [0.4, 0.5) is 10.2 Å². The number of hydrogen-bond donors (Lipinski definition) is 2. The Bertz CT molecular complexity index is 735. The molecule has 2 amide bonds. The average molecular weight is 365 g/mol. The van der Waals surface area contributed by atoms with E-state index < -0.39 is 5.25 Å². The SMILES string of the molecule is Cc1cc(NC(=O)C(C)SCC(=O)NCCc2cccc(F)c2)no1. The van der Waals surface area contributed by atoms with E-state index in [2.05, 4.69) is 15.8 Å². The number of anilines is 1. The third-order valence-corrected chi connectivity index (χ3v) is 4.48. The molecule has 6 nitrogen and oxygen atoms in total. The lowest BCUT2D eigenvalue weighted by molar-refractivity contribution is -0.118. The molecule has 134 valence electrons. The molecule has 0 saturated heterocycles. The van der Waals surface area contributed by atoms with Gasteiger partial charge in [0.2, 0.25) is 11.8 Å². The molecule has 1 aromatic heterocycles. The van der Waals surface area contributed by atoms with Crippen molar-refractivity contribution in [3.8, 4) is 0 Å². The van der Waals surface area contributed by atoms with Crippen molar-refractivity contribution >= 4 is 29.4 Å². The van der Waals surface area contributed by atoms with E-state index in [0.717, 1.165) is 5.56 Å². The summed E-state index contributed by atoms with van der Waals surface area (Å²) >= 11 is 1.22. The summed E-state index contributed by atoms with van der Waals surface area (Å²) in [5.74, 6) is 0.420. The Morgan fingerprint density at radius 3 is 2.84 bits per heavy atom. The molecule has 1 atom stereocenters. The number of carbonyl (C=O) groups is 2. The predicted octanol–water partition coefficient (Wildman–Crippen LogP) is 2.54.